The van der Waals surface area contributed by atoms with Gasteiger partial charge in [-0.15, -0.1) is 0 Å². The number of nitrogens with two attached hydrogens (primary N) is 1. The minimum absolute atomic E-state index is 0.0167. The average molecular weight is 256 g/mol. The first-order valence-electron chi connectivity index (χ1n) is 6.75. The van der Waals surface area contributed by atoms with Crippen molar-refractivity contribution < 1.29 is 14.7 Å². The number of carbonyl (C=O) groups is 2. The largest absolute Gasteiger partial charge is 0.481 e. The van der Waals surface area contributed by atoms with Crippen LogP contribution in [0.5, 0.6) is 0 Å². The molecule has 5 heteroatoms. The molecule has 104 valence electrons. The molecule has 1 fully saturated rings. The van der Waals surface area contributed by atoms with E-state index < -0.39 is 5.97 Å². The number of carboxylic acid groups (broad SMARTS) is 1. The first-order valence-corrected chi connectivity index (χ1v) is 6.75. The maximum atomic E-state index is 11.9. The van der Waals surface area contributed by atoms with Crippen LogP contribution in [-0.4, -0.2) is 28.6 Å². The molecule has 1 saturated carbocycles. The molecule has 0 aliphatic heterocycles. The predicted octanol–water partition coefficient (Wildman–Crippen LogP) is 1.41. The molecule has 1 aliphatic rings. The van der Waals surface area contributed by atoms with E-state index in [4.69, 9.17) is 10.8 Å². The molecule has 1 atom stereocenters. The molecule has 0 aromatic carbocycles. The van der Waals surface area contributed by atoms with Crippen LogP contribution in [0.15, 0.2) is 0 Å². The third-order valence-corrected chi connectivity index (χ3v) is 3.54. The third kappa shape index (κ3) is 5.04. The maximum absolute atomic E-state index is 11.9. The van der Waals surface area contributed by atoms with Crippen LogP contribution in [-0.2, 0) is 9.59 Å². The molecule has 1 rings (SSSR count). The molecule has 0 heterocycles. The molecule has 0 aromatic rings. The topological polar surface area (TPSA) is 92.4 Å². The molecule has 1 amide bonds. The maximum Gasteiger partial charge on any atom is 0.305 e. The van der Waals surface area contributed by atoms with Crippen LogP contribution in [0.25, 0.3) is 0 Å². The highest BCUT2D eigenvalue weighted by Gasteiger charge is 2.32. The molecular formula is C13H24N2O3. The van der Waals surface area contributed by atoms with E-state index in [0.29, 0.717) is 12.8 Å². The minimum Gasteiger partial charge on any atom is -0.481 e. The van der Waals surface area contributed by atoms with E-state index in [1.165, 1.54) is 0 Å². The van der Waals surface area contributed by atoms with Gasteiger partial charge < -0.3 is 16.2 Å². The lowest BCUT2D eigenvalue weighted by Gasteiger charge is -2.24. The normalized spacial score (nSPS) is 19.4. The summed E-state index contributed by atoms with van der Waals surface area (Å²) in [6, 6.07) is -0.273. The Balaban J connectivity index is 2.42. The molecule has 0 radical (unpaired) electrons. The molecule has 1 aliphatic carbocycles. The van der Waals surface area contributed by atoms with Gasteiger partial charge >= 0.3 is 5.97 Å². The molecule has 0 bridgehead atoms. The van der Waals surface area contributed by atoms with Crippen LogP contribution in [0.2, 0.25) is 0 Å². The van der Waals surface area contributed by atoms with Crippen LogP contribution in [0.3, 0.4) is 0 Å². The number of carbonyl (C=O) groups excluding carboxylic acids is 1. The number of hydrogen-bond acceptors (Lipinski definition) is 3. The van der Waals surface area contributed by atoms with Gasteiger partial charge in [0.25, 0.3) is 0 Å². The first kappa shape index (κ1) is 15.0. The standard InChI is InChI=1S/C13H24N2O3/c1-2-5-10(8-12(17)18)15-11(16)9-13(14)6-3-4-7-13/h10H,2-9,14H2,1H3,(H,15,16)(H,17,18). The summed E-state index contributed by atoms with van der Waals surface area (Å²) in [5.74, 6) is -0.990. The number of nitrogens with one attached hydrogen (secondary N) is 1. The Morgan fingerprint density at radius 1 is 1.39 bits per heavy atom. The number of aliphatic carboxylic acids is 1. The number of hydrogen-bond donors (Lipinski definition) is 3. The predicted molar refractivity (Wildman–Crippen MR) is 69.1 cm³/mol. The fourth-order valence-corrected chi connectivity index (χ4v) is 2.64. The summed E-state index contributed by atoms with van der Waals surface area (Å²) in [7, 11) is 0. The van der Waals surface area contributed by atoms with Crippen LogP contribution in [0, 0.1) is 0 Å². The van der Waals surface area contributed by atoms with E-state index in [1.807, 2.05) is 6.92 Å². The van der Waals surface area contributed by atoms with Crippen LogP contribution in [0.1, 0.15) is 58.3 Å². The van der Waals surface area contributed by atoms with E-state index in [1.54, 1.807) is 0 Å². The second-order valence-corrected chi connectivity index (χ2v) is 5.40. The lowest BCUT2D eigenvalue weighted by molar-refractivity contribution is -0.137. The van der Waals surface area contributed by atoms with Gasteiger partial charge in [0.05, 0.1) is 6.42 Å². The van der Waals surface area contributed by atoms with Crippen molar-refractivity contribution in [3.05, 3.63) is 0 Å². The van der Waals surface area contributed by atoms with E-state index in [9.17, 15) is 9.59 Å². The Morgan fingerprint density at radius 3 is 2.50 bits per heavy atom. The minimum atomic E-state index is -0.878. The highest BCUT2D eigenvalue weighted by molar-refractivity contribution is 5.78. The molecule has 4 N–H and O–H groups in total. The molecule has 0 spiro atoms. The summed E-state index contributed by atoms with van der Waals surface area (Å²) < 4.78 is 0. The van der Waals surface area contributed by atoms with Crippen molar-refractivity contribution in [2.45, 2.75) is 69.9 Å². The Bertz CT molecular complexity index is 299. The lowest BCUT2D eigenvalue weighted by atomic mass is 9.94. The van der Waals surface area contributed by atoms with Crippen molar-refractivity contribution in [2.24, 2.45) is 5.73 Å². The van der Waals surface area contributed by atoms with E-state index >= 15 is 0 Å². The highest BCUT2D eigenvalue weighted by Crippen LogP contribution is 2.29. The van der Waals surface area contributed by atoms with Crippen molar-refractivity contribution in [3.8, 4) is 0 Å². The van der Waals surface area contributed by atoms with E-state index in [2.05, 4.69) is 5.32 Å². The Hall–Kier alpha value is -1.10. The van der Waals surface area contributed by atoms with Gasteiger partial charge in [-0.05, 0) is 19.3 Å². The van der Waals surface area contributed by atoms with Crippen molar-refractivity contribution in [1.82, 2.24) is 5.32 Å². The van der Waals surface area contributed by atoms with Crippen LogP contribution >= 0.6 is 0 Å². The van der Waals surface area contributed by atoms with Gasteiger partial charge in [-0.3, -0.25) is 9.59 Å². The summed E-state index contributed by atoms with van der Waals surface area (Å²) in [6.45, 7) is 1.97. The zero-order chi connectivity index (χ0) is 13.6. The van der Waals surface area contributed by atoms with Crippen molar-refractivity contribution >= 4 is 11.9 Å². The molecule has 1 unspecified atom stereocenters. The third-order valence-electron chi connectivity index (χ3n) is 3.54. The summed E-state index contributed by atoms with van der Waals surface area (Å²) >= 11 is 0. The van der Waals surface area contributed by atoms with E-state index in [0.717, 1.165) is 32.1 Å². The molecule has 5 nitrogen and oxygen atoms in total. The zero-order valence-corrected chi connectivity index (χ0v) is 11.1. The fraction of sp³-hybridized carbons (Fsp3) is 0.846. The highest BCUT2D eigenvalue weighted by atomic mass is 16.4. The lowest BCUT2D eigenvalue weighted by Crippen LogP contribution is -2.45. The fourth-order valence-electron chi connectivity index (χ4n) is 2.64. The van der Waals surface area contributed by atoms with Gasteiger partial charge in [0.15, 0.2) is 0 Å². The SMILES string of the molecule is CCCC(CC(=O)O)NC(=O)CC1(N)CCCC1. The Morgan fingerprint density at radius 2 is 2.00 bits per heavy atom. The second-order valence-electron chi connectivity index (χ2n) is 5.40. The van der Waals surface area contributed by atoms with Gasteiger partial charge in [0.1, 0.15) is 0 Å². The van der Waals surface area contributed by atoms with Crippen LogP contribution < -0.4 is 11.1 Å². The second kappa shape index (κ2) is 6.73. The van der Waals surface area contributed by atoms with Gasteiger partial charge in [-0.1, -0.05) is 26.2 Å². The summed E-state index contributed by atoms with van der Waals surface area (Å²) in [6.07, 6.45) is 5.77. The van der Waals surface area contributed by atoms with Crippen molar-refractivity contribution in [1.29, 1.82) is 0 Å². The first-order chi connectivity index (χ1) is 8.45. The van der Waals surface area contributed by atoms with Gasteiger partial charge in [-0.25, -0.2) is 0 Å². The van der Waals surface area contributed by atoms with Crippen molar-refractivity contribution in [3.63, 3.8) is 0 Å². The zero-order valence-electron chi connectivity index (χ0n) is 11.1. The molecule has 18 heavy (non-hydrogen) atoms. The monoisotopic (exact) mass is 256 g/mol. The summed E-state index contributed by atoms with van der Waals surface area (Å²) in [5, 5.41) is 11.6. The average Bonchev–Trinajstić information content (AvgIpc) is 2.63. The number of carboxylic acids is 1. The molecular weight excluding hydrogens is 232 g/mol. The van der Waals surface area contributed by atoms with Crippen LogP contribution in [0.4, 0.5) is 0 Å². The molecule has 0 aromatic heterocycles. The Labute approximate surface area is 108 Å². The summed E-state index contributed by atoms with van der Waals surface area (Å²) in [5.41, 5.74) is 5.76. The quantitative estimate of drug-likeness (QED) is 0.642. The summed E-state index contributed by atoms with van der Waals surface area (Å²) in [4.78, 5) is 22.6. The molecule has 0 saturated heterocycles. The number of amides is 1. The van der Waals surface area contributed by atoms with Gasteiger partial charge in [0.2, 0.25) is 5.91 Å². The van der Waals surface area contributed by atoms with Gasteiger partial charge in [0, 0.05) is 18.0 Å². The smallest absolute Gasteiger partial charge is 0.305 e. The van der Waals surface area contributed by atoms with Crippen molar-refractivity contribution in [2.75, 3.05) is 0 Å². The van der Waals surface area contributed by atoms with E-state index in [-0.39, 0.29) is 23.9 Å². The Kier molecular flexibility index (Phi) is 5.59. The van der Waals surface area contributed by atoms with Gasteiger partial charge in [-0.2, -0.15) is 0 Å². The number of rotatable bonds is 7.